The fraction of sp³-hybridized carbons (Fsp3) is 0.263. The normalized spacial score (nSPS) is 16.8. The summed E-state index contributed by atoms with van der Waals surface area (Å²) >= 11 is 1.79. The Morgan fingerprint density at radius 1 is 1.09 bits per heavy atom. The monoisotopic (exact) mass is 322 g/mol. The predicted octanol–water partition coefficient (Wildman–Crippen LogP) is 3.99. The van der Waals surface area contributed by atoms with E-state index in [0.29, 0.717) is 0 Å². The maximum atomic E-state index is 11.6. The molecule has 1 saturated heterocycles. The summed E-state index contributed by atoms with van der Waals surface area (Å²) in [4.78, 5) is 20.7. The maximum Gasteiger partial charge on any atom is 0.219 e. The van der Waals surface area contributed by atoms with Crippen molar-refractivity contribution in [2.24, 2.45) is 0 Å². The standard InChI is InChI=1S/C19H18N2OS/c1-13(22)21-11-8-14(9-12-21)18-15-5-2-3-6-16(15)23-17-7-4-10-20-19(17)18/h2-7,10H,8-9,11-12H2,1H3. The Balaban J connectivity index is 1.82. The van der Waals surface area contributed by atoms with Crippen molar-refractivity contribution in [1.29, 1.82) is 0 Å². The van der Waals surface area contributed by atoms with Crippen molar-refractivity contribution in [2.75, 3.05) is 13.1 Å². The second-order valence-corrected chi connectivity index (χ2v) is 7.02. The molecule has 0 aliphatic carbocycles. The van der Waals surface area contributed by atoms with Gasteiger partial charge in [0.1, 0.15) is 0 Å². The Labute approximate surface area is 140 Å². The van der Waals surface area contributed by atoms with Gasteiger partial charge in [0.25, 0.3) is 0 Å². The Morgan fingerprint density at radius 3 is 2.61 bits per heavy atom. The Kier molecular flexibility index (Phi) is 3.69. The number of aromatic nitrogens is 1. The molecule has 2 aromatic rings. The number of hydrogen-bond donors (Lipinski definition) is 0. The van der Waals surface area contributed by atoms with Crippen LogP contribution in [0.25, 0.3) is 5.57 Å². The first kappa shape index (κ1) is 14.5. The Hall–Kier alpha value is -2.07. The van der Waals surface area contributed by atoms with Crippen LogP contribution in [-0.2, 0) is 4.79 Å². The van der Waals surface area contributed by atoms with Crippen molar-refractivity contribution in [3.05, 3.63) is 59.4 Å². The van der Waals surface area contributed by atoms with Gasteiger partial charge < -0.3 is 4.90 Å². The first-order valence-corrected chi connectivity index (χ1v) is 8.76. The SMILES string of the molecule is CC(=O)N1CCC(=C2c3ccccc3Sc3cccnc32)CC1. The third-order valence-corrected chi connectivity index (χ3v) is 5.67. The highest BCUT2D eigenvalue weighted by atomic mass is 32.2. The van der Waals surface area contributed by atoms with Gasteiger partial charge in [-0.2, -0.15) is 0 Å². The second kappa shape index (κ2) is 5.85. The molecule has 2 aliphatic rings. The van der Waals surface area contributed by atoms with E-state index in [0.717, 1.165) is 31.6 Å². The molecule has 1 aromatic heterocycles. The third-order valence-electron chi connectivity index (χ3n) is 4.55. The van der Waals surface area contributed by atoms with Gasteiger partial charge in [-0.05, 0) is 36.6 Å². The minimum atomic E-state index is 0.173. The average molecular weight is 322 g/mol. The van der Waals surface area contributed by atoms with E-state index in [2.05, 4.69) is 35.3 Å². The van der Waals surface area contributed by atoms with Crippen LogP contribution in [0, 0.1) is 0 Å². The zero-order valence-corrected chi connectivity index (χ0v) is 13.9. The van der Waals surface area contributed by atoms with Gasteiger partial charge in [0.2, 0.25) is 5.91 Å². The highest BCUT2D eigenvalue weighted by Gasteiger charge is 2.26. The summed E-state index contributed by atoms with van der Waals surface area (Å²) in [5.74, 6) is 0.173. The highest BCUT2D eigenvalue weighted by molar-refractivity contribution is 7.99. The van der Waals surface area contributed by atoms with E-state index < -0.39 is 0 Å². The molecule has 1 aromatic carbocycles. The Bertz CT molecular complexity index is 755. The number of amides is 1. The van der Waals surface area contributed by atoms with Crippen LogP contribution < -0.4 is 0 Å². The van der Waals surface area contributed by atoms with Gasteiger partial charge in [-0.3, -0.25) is 9.78 Å². The second-order valence-electron chi connectivity index (χ2n) is 5.93. The molecule has 0 spiro atoms. The van der Waals surface area contributed by atoms with Crippen LogP contribution >= 0.6 is 11.8 Å². The number of nitrogens with zero attached hydrogens (tertiary/aromatic N) is 2. The fourth-order valence-corrected chi connectivity index (χ4v) is 4.43. The van der Waals surface area contributed by atoms with E-state index in [1.165, 1.54) is 26.5 Å². The van der Waals surface area contributed by atoms with Crippen molar-refractivity contribution in [3.8, 4) is 0 Å². The molecule has 4 rings (SSSR count). The number of likely N-dealkylation sites (tertiary alicyclic amines) is 1. The molecule has 0 saturated carbocycles. The number of carbonyl (C=O) groups excluding carboxylic acids is 1. The fourth-order valence-electron chi connectivity index (χ4n) is 3.37. The van der Waals surface area contributed by atoms with Crippen LogP contribution in [0.5, 0.6) is 0 Å². The van der Waals surface area contributed by atoms with Crippen LogP contribution in [0.2, 0.25) is 0 Å². The summed E-state index contributed by atoms with van der Waals surface area (Å²) in [5.41, 5.74) is 5.10. The maximum absolute atomic E-state index is 11.6. The molecule has 0 bridgehead atoms. The van der Waals surface area contributed by atoms with Crippen molar-refractivity contribution in [2.45, 2.75) is 29.6 Å². The van der Waals surface area contributed by atoms with E-state index in [4.69, 9.17) is 0 Å². The third kappa shape index (κ3) is 2.57. The molecule has 2 aliphatic heterocycles. The summed E-state index contributed by atoms with van der Waals surface area (Å²) in [6, 6.07) is 12.7. The van der Waals surface area contributed by atoms with Gasteiger partial charge in [-0.1, -0.05) is 35.5 Å². The van der Waals surface area contributed by atoms with Crippen LogP contribution in [0.1, 0.15) is 31.0 Å². The minimum Gasteiger partial charge on any atom is -0.342 e. The smallest absolute Gasteiger partial charge is 0.219 e. The highest BCUT2D eigenvalue weighted by Crippen LogP contribution is 2.46. The van der Waals surface area contributed by atoms with Gasteiger partial charge >= 0.3 is 0 Å². The number of hydrogen-bond acceptors (Lipinski definition) is 3. The molecule has 3 nitrogen and oxygen atoms in total. The van der Waals surface area contributed by atoms with Gasteiger partial charge in [-0.15, -0.1) is 0 Å². The number of rotatable bonds is 0. The topological polar surface area (TPSA) is 33.2 Å². The van der Waals surface area contributed by atoms with Crippen molar-refractivity contribution in [1.82, 2.24) is 9.88 Å². The largest absolute Gasteiger partial charge is 0.342 e. The summed E-state index contributed by atoms with van der Waals surface area (Å²) < 4.78 is 0. The van der Waals surface area contributed by atoms with E-state index in [1.807, 2.05) is 17.2 Å². The number of pyridine rings is 1. The van der Waals surface area contributed by atoms with Gasteiger partial charge in [0, 0.05) is 41.6 Å². The zero-order chi connectivity index (χ0) is 15.8. The minimum absolute atomic E-state index is 0.173. The first-order valence-electron chi connectivity index (χ1n) is 7.94. The lowest BCUT2D eigenvalue weighted by Crippen LogP contribution is -2.34. The van der Waals surface area contributed by atoms with Crippen LogP contribution in [-0.4, -0.2) is 28.9 Å². The Morgan fingerprint density at radius 2 is 1.83 bits per heavy atom. The summed E-state index contributed by atoms with van der Waals surface area (Å²) in [5, 5.41) is 0. The summed E-state index contributed by atoms with van der Waals surface area (Å²) in [7, 11) is 0. The number of benzene rings is 1. The van der Waals surface area contributed by atoms with Gasteiger partial charge in [-0.25, -0.2) is 0 Å². The van der Waals surface area contributed by atoms with Crippen molar-refractivity contribution >= 4 is 23.2 Å². The van der Waals surface area contributed by atoms with Crippen LogP contribution in [0.15, 0.2) is 58.0 Å². The van der Waals surface area contributed by atoms with E-state index in [1.54, 1.807) is 18.7 Å². The van der Waals surface area contributed by atoms with Gasteiger partial charge in [0.05, 0.1) is 5.69 Å². The summed E-state index contributed by atoms with van der Waals surface area (Å²) in [6.45, 7) is 3.28. The predicted molar refractivity (Wildman–Crippen MR) is 92.3 cm³/mol. The molecule has 4 heteroatoms. The molecule has 1 fully saturated rings. The molecule has 116 valence electrons. The lowest BCUT2D eigenvalue weighted by molar-refractivity contribution is -0.129. The molecule has 0 unspecified atom stereocenters. The molecule has 23 heavy (non-hydrogen) atoms. The molecule has 3 heterocycles. The van der Waals surface area contributed by atoms with Crippen molar-refractivity contribution < 1.29 is 4.79 Å². The van der Waals surface area contributed by atoms with Crippen LogP contribution in [0.3, 0.4) is 0 Å². The molecule has 1 amide bonds. The van der Waals surface area contributed by atoms with E-state index in [-0.39, 0.29) is 5.91 Å². The molecular formula is C19H18N2OS. The van der Waals surface area contributed by atoms with Crippen molar-refractivity contribution in [3.63, 3.8) is 0 Å². The lowest BCUT2D eigenvalue weighted by Gasteiger charge is -2.31. The lowest BCUT2D eigenvalue weighted by atomic mass is 9.90. The molecule has 0 N–H and O–H groups in total. The number of carbonyl (C=O) groups is 1. The van der Waals surface area contributed by atoms with Crippen LogP contribution in [0.4, 0.5) is 0 Å². The molecular weight excluding hydrogens is 304 g/mol. The first-order chi connectivity index (χ1) is 11.2. The average Bonchev–Trinajstić information content (AvgIpc) is 2.59. The van der Waals surface area contributed by atoms with Gasteiger partial charge in [0.15, 0.2) is 0 Å². The quantitative estimate of drug-likeness (QED) is 0.627. The summed E-state index contributed by atoms with van der Waals surface area (Å²) in [6.07, 6.45) is 3.74. The van der Waals surface area contributed by atoms with E-state index >= 15 is 0 Å². The molecule has 0 radical (unpaired) electrons. The number of fused-ring (bicyclic) bond motifs is 2. The molecule has 0 atom stereocenters. The zero-order valence-electron chi connectivity index (χ0n) is 13.1. The number of piperidine rings is 1. The van der Waals surface area contributed by atoms with E-state index in [9.17, 15) is 4.79 Å².